The number of methoxy groups -OCH3 is 1. The van der Waals surface area contributed by atoms with Crippen LogP contribution in [0.15, 0.2) is 48.5 Å². The average molecular weight is 428 g/mol. The number of anilines is 3. The molecule has 0 saturated heterocycles. The lowest BCUT2D eigenvalue weighted by molar-refractivity contribution is -0.137. The third kappa shape index (κ3) is 4.96. The highest BCUT2D eigenvalue weighted by Gasteiger charge is 2.30. The van der Waals surface area contributed by atoms with Gasteiger partial charge in [-0.15, -0.1) is 0 Å². The number of alkyl halides is 3. The summed E-state index contributed by atoms with van der Waals surface area (Å²) in [4.78, 5) is 9.02. The Balaban J connectivity index is 1.67. The number of benzene rings is 2. The lowest BCUT2D eigenvalue weighted by Gasteiger charge is -2.14. The van der Waals surface area contributed by atoms with Crippen LogP contribution in [0.5, 0.6) is 0 Å². The molecule has 0 radical (unpaired) electrons. The van der Waals surface area contributed by atoms with Crippen LogP contribution in [-0.2, 0) is 23.8 Å². The van der Waals surface area contributed by atoms with Gasteiger partial charge in [0.2, 0.25) is 5.95 Å². The molecule has 3 aromatic rings. The molecule has 0 fully saturated rings. The molecule has 2 N–H and O–H groups in total. The molecule has 5 nitrogen and oxygen atoms in total. The normalized spacial score (nSPS) is 13.2. The molecule has 8 heteroatoms. The van der Waals surface area contributed by atoms with Crippen LogP contribution in [0.1, 0.15) is 23.1 Å². The fraction of sp³-hybridized carbons (Fsp3) is 0.304. The lowest BCUT2D eigenvalue weighted by Crippen LogP contribution is -2.11. The Labute approximate surface area is 178 Å². The smallest absolute Gasteiger partial charge is 0.383 e. The summed E-state index contributed by atoms with van der Waals surface area (Å²) in [5, 5.41) is 6.48. The molecule has 0 amide bonds. The van der Waals surface area contributed by atoms with Crippen molar-refractivity contribution in [3.63, 3.8) is 0 Å². The van der Waals surface area contributed by atoms with Gasteiger partial charge >= 0.3 is 6.18 Å². The second kappa shape index (κ2) is 8.93. The Bertz CT molecular complexity index is 1050. The number of rotatable bonds is 7. The Morgan fingerprint density at radius 1 is 1.03 bits per heavy atom. The molecular formula is C23H23F3N4O. The van der Waals surface area contributed by atoms with Gasteiger partial charge in [-0.2, -0.15) is 18.2 Å². The molecule has 0 bridgehead atoms. The molecule has 2 aromatic carbocycles. The number of nitrogens with one attached hydrogen (secondary N) is 2. The number of hydrogen-bond donors (Lipinski definition) is 2. The summed E-state index contributed by atoms with van der Waals surface area (Å²) < 4.78 is 43.8. The first-order valence-electron chi connectivity index (χ1n) is 10.1. The van der Waals surface area contributed by atoms with Gasteiger partial charge in [-0.3, -0.25) is 0 Å². The molecule has 162 valence electrons. The van der Waals surface area contributed by atoms with Crippen molar-refractivity contribution in [2.75, 3.05) is 30.9 Å². The number of aryl methyl sites for hydroxylation is 1. The monoisotopic (exact) mass is 428 g/mol. The number of aromatic nitrogens is 2. The van der Waals surface area contributed by atoms with E-state index >= 15 is 0 Å². The maximum absolute atomic E-state index is 12.9. The second-order valence-corrected chi connectivity index (χ2v) is 7.38. The Morgan fingerprint density at radius 3 is 2.58 bits per heavy atom. The van der Waals surface area contributed by atoms with E-state index in [4.69, 9.17) is 4.74 Å². The van der Waals surface area contributed by atoms with Crippen LogP contribution in [-0.4, -0.2) is 30.2 Å². The first-order chi connectivity index (χ1) is 14.9. The largest absolute Gasteiger partial charge is 0.416 e. The van der Waals surface area contributed by atoms with E-state index in [-0.39, 0.29) is 0 Å². The molecule has 1 heterocycles. The van der Waals surface area contributed by atoms with E-state index in [1.165, 1.54) is 23.3 Å². The molecule has 0 atom stereocenters. The van der Waals surface area contributed by atoms with Crippen molar-refractivity contribution >= 4 is 17.5 Å². The van der Waals surface area contributed by atoms with Crippen molar-refractivity contribution in [3.05, 3.63) is 65.2 Å². The first-order valence-corrected chi connectivity index (χ1v) is 10.1. The van der Waals surface area contributed by atoms with E-state index in [0.717, 1.165) is 37.1 Å². The number of halogens is 3. The van der Waals surface area contributed by atoms with Gasteiger partial charge in [0.15, 0.2) is 0 Å². The Morgan fingerprint density at radius 2 is 1.84 bits per heavy atom. The summed E-state index contributed by atoms with van der Waals surface area (Å²) in [6.45, 7) is 0.982. The van der Waals surface area contributed by atoms with E-state index in [2.05, 4.69) is 26.7 Å². The van der Waals surface area contributed by atoms with E-state index in [9.17, 15) is 13.2 Å². The van der Waals surface area contributed by atoms with Crippen molar-refractivity contribution in [3.8, 4) is 11.3 Å². The SMILES string of the molecule is COCCNc1nc(Nc2cccc3c2CCC3)cc(-c2ccc(C(F)(F)F)cc2)n1. The first kappa shape index (κ1) is 21.1. The standard InChI is InChI=1S/C23H23F3N4O/c1-31-13-12-27-22-29-20(16-8-10-17(11-9-16)23(24,25)26)14-21(30-22)28-19-7-3-5-15-4-2-6-18(15)19/h3,5,7-11,14H,2,4,6,12-13H2,1H3,(H2,27,28,29,30). The highest BCUT2D eigenvalue weighted by Crippen LogP contribution is 2.33. The summed E-state index contributed by atoms with van der Waals surface area (Å²) in [5.74, 6) is 0.953. The molecule has 31 heavy (non-hydrogen) atoms. The van der Waals surface area contributed by atoms with Gasteiger partial charge in [0.1, 0.15) is 5.82 Å². The third-order valence-electron chi connectivity index (χ3n) is 5.23. The van der Waals surface area contributed by atoms with Gasteiger partial charge in [0.25, 0.3) is 0 Å². The van der Waals surface area contributed by atoms with Crippen molar-refractivity contribution in [2.24, 2.45) is 0 Å². The molecule has 1 aromatic heterocycles. The van der Waals surface area contributed by atoms with Crippen molar-refractivity contribution in [2.45, 2.75) is 25.4 Å². The van der Waals surface area contributed by atoms with Gasteiger partial charge < -0.3 is 15.4 Å². The van der Waals surface area contributed by atoms with Crippen molar-refractivity contribution in [1.82, 2.24) is 9.97 Å². The predicted octanol–water partition coefficient (Wildman–Crippen LogP) is 5.45. The number of hydrogen-bond acceptors (Lipinski definition) is 5. The van der Waals surface area contributed by atoms with Gasteiger partial charge in [-0.05, 0) is 48.6 Å². The summed E-state index contributed by atoms with van der Waals surface area (Å²) in [5.41, 5.74) is 4.02. The molecule has 0 unspecified atom stereocenters. The molecular weight excluding hydrogens is 405 g/mol. The predicted molar refractivity (Wildman–Crippen MR) is 115 cm³/mol. The minimum atomic E-state index is -4.38. The van der Waals surface area contributed by atoms with Crippen LogP contribution in [0.4, 0.5) is 30.6 Å². The fourth-order valence-electron chi connectivity index (χ4n) is 3.71. The number of fused-ring (bicyclic) bond motifs is 1. The van der Waals surface area contributed by atoms with Gasteiger partial charge in [-0.1, -0.05) is 24.3 Å². The Kier molecular flexibility index (Phi) is 6.08. The van der Waals surface area contributed by atoms with Gasteiger partial charge in [0, 0.05) is 31.0 Å². The number of nitrogens with zero attached hydrogens (tertiary/aromatic N) is 2. The molecule has 1 aliphatic carbocycles. The average Bonchev–Trinajstić information content (AvgIpc) is 3.23. The van der Waals surface area contributed by atoms with Crippen molar-refractivity contribution < 1.29 is 17.9 Å². The summed E-state index contributed by atoms with van der Waals surface area (Å²) in [6.07, 6.45) is -1.18. The van der Waals surface area contributed by atoms with Crippen molar-refractivity contribution in [1.29, 1.82) is 0 Å². The van der Waals surface area contributed by atoms with E-state index in [0.29, 0.717) is 36.2 Å². The summed E-state index contributed by atoms with van der Waals surface area (Å²) >= 11 is 0. The van der Waals surface area contributed by atoms with E-state index < -0.39 is 11.7 Å². The number of ether oxygens (including phenoxy) is 1. The molecule has 0 saturated carbocycles. The van der Waals surface area contributed by atoms with Crippen LogP contribution in [0.2, 0.25) is 0 Å². The zero-order chi connectivity index (χ0) is 21.8. The van der Waals surface area contributed by atoms with E-state index in [1.807, 2.05) is 12.1 Å². The molecule has 0 aliphatic heterocycles. The third-order valence-corrected chi connectivity index (χ3v) is 5.23. The van der Waals surface area contributed by atoms with Crippen LogP contribution >= 0.6 is 0 Å². The molecule has 1 aliphatic rings. The maximum atomic E-state index is 12.9. The zero-order valence-corrected chi connectivity index (χ0v) is 17.1. The topological polar surface area (TPSA) is 59.1 Å². The quantitative estimate of drug-likeness (QED) is 0.490. The van der Waals surface area contributed by atoms with Crippen LogP contribution in [0.25, 0.3) is 11.3 Å². The lowest BCUT2D eigenvalue weighted by atomic mass is 10.1. The highest BCUT2D eigenvalue weighted by molar-refractivity contribution is 5.69. The van der Waals surface area contributed by atoms with Gasteiger partial charge in [-0.25, -0.2) is 4.98 Å². The van der Waals surface area contributed by atoms with Crippen LogP contribution in [0.3, 0.4) is 0 Å². The Hall–Kier alpha value is -3.13. The van der Waals surface area contributed by atoms with Crippen LogP contribution < -0.4 is 10.6 Å². The summed E-state index contributed by atoms with van der Waals surface area (Å²) in [7, 11) is 1.60. The minimum absolute atomic E-state index is 0.379. The molecule has 4 rings (SSSR count). The minimum Gasteiger partial charge on any atom is -0.383 e. The molecule has 0 spiro atoms. The van der Waals surface area contributed by atoms with Crippen LogP contribution in [0, 0.1) is 0 Å². The van der Waals surface area contributed by atoms with E-state index in [1.54, 1.807) is 13.2 Å². The zero-order valence-electron chi connectivity index (χ0n) is 17.1. The highest BCUT2D eigenvalue weighted by atomic mass is 19.4. The second-order valence-electron chi connectivity index (χ2n) is 7.38. The summed E-state index contributed by atoms with van der Waals surface area (Å²) in [6, 6.07) is 12.9. The fourth-order valence-corrected chi connectivity index (χ4v) is 3.71. The van der Waals surface area contributed by atoms with Gasteiger partial charge in [0.05, 0.1) is 17.9 Å². The maximum Gasteiger partial charge on any atom is 0.416 e.